The van der Waals surface area contributed by atoms with Crippen LogP contribution in [-0.4, -0.2) is 32.6 Å². The van der Waals surface area contributed by atoms with Gasteiger partial charge in [0, 0.05) is 12.7 Å². The van der Waals surface area contributed by atoms with E-state index < -0.39 is 11.6 Å². The van der Waals surface area contributed by atoms with E-state index in [9.17, 15) is 14.4 Å². The maximum absolute atomic E-state index is 12.8. The van der Waals surface area contributed by atoms with E-state index in [0.717, 1.165) is 10.2 Å². The van der Waals surface area contributed by atoms with Gasteiger partial charge >= 0.3 is 5.69 Å². The third-order valence-corrected chi connectivity index (χ3v) is 4.89. The summed E-state index contributed by atoms with van der Waals surface area (Å²) in [6, 6.07) is 19.7. The number of hydrogen-bond acceptors (Lipinski definition) is 5. The third-order valence-electron chi connectivity index (χ3n) is 4.89. The number of nitrogens with zero attached hydrogens (tertiary/aromatic N) is 3. The van der Waals surface area contributed by atoms with Crippen molar-refractivity contribution in [2.45, 2.75) is 20.0 Å². The number of nitrogens with one attached hydrogen (secondary N) is 2. The molecule has 0 aliphatic rings. The van der Waals surface area contributed by atoms with E-state index in [2.05, 4.69) is 15.7 Å². The molecule has 0 fully saturated rings. The number of benzene rings is 2. The number of aromatic nitrogens is 3. The number of hydrogen-bond donors (Lipinski definition) is 2. The Morgan fingerprint density at radius 3 is 2.55 bits per heavy atom. The molecule has 4 rings (SSSR count). The second-order valence-corrected chi connectivity index (χ2v) is 7.23. The van der Waals surface area contributed by atoms with Gasteiger partial charge in [-0.15, -0.1) is 5.10 Å². The van der Waals surface area contributed by atoms with Gasteiger partial charge in [0.25, 0.3) is 5.91 Å². The number of fused-ring (bicyclic) bond motifs is 1. The summed E-state index contributed by atoms with van der Waals surface area (Å²) in [6.45, 7) is 2.40. The summed E-state index contributed by atoms with van der Waals surface area (Å²) in [5, 5.41) is 9.75. The average Bonchev–Trinajstić information content (AvgIpc) is 3.14. The molecule has 0 radical (unpaired) electrons. The number of para-hydroxylation sites is 2. The molecule has 0 unspecified atom stereocenters. The van der Waals surface area contributed by atoms with Crippen LogP contribution < -0.4 is 21.1 Å². The lowest BCUT2D eigenvalue weighted by Gasteiger charge is -2.10. The molecule has 0 spiro atoms. The quantitative estimate of drug-likeness (QED) is 0.433. The van der Waals surface area contributed by atoms with E-state index in [1.807, 2.05) is 37.3 Å². The van der Waals surface area contributed by atoms with Gasteiger partial charge in [-0.05, 0) is 36.8 Å². The van der Waals surface area contributed by atoms with Crippen molar-refractivity contribution < 1.29 is 14.3 Å². The first kappa shape index (κ1) is 21.8. The summed E-state index contributed by atoms with van der Waals surface area (Å²) < 4.78 is 7.81. The van der Waals surface area contributed by atoms with Crippen molar-refractivity contribution in [1.82, 2.24) is 19.5 Å². The molecule has 2 amide bonds. The van der Waals surface area contributed by atoms with Gasteiger partial charge in [-0.1, -0.05) is 42.5 Å². The van der Waals surface area contributed by atoms with E-state index in [-0.39, 0.29) is 12.5 Å². The van der Waals surface area contributed by atoms with Crippen LogP contribution in [0.4, 0.5) is 5.69 Å². The number of pyridine rings is 1. The Morgan fingerprint density at radius 1 is 1.00 bits per heavy atom. The normalized spacial score (nSPS) is 10.7. The second kappa shape index (κ2) is 9.82. The highest BCUT2D eigenvalue weighted by Crippen LogP contribution is 2.23. The number of rotatable bonds is 8. The fourth-order valence-electron chi connectivity index (χ4n) is 3.31. The van der Waals surface area contributed by atoms with E-state index in [1.165, 1.54) is 10.6 Å². The molecule has 0 saturated heterocycles. The van der Waals surface area contributed by atoms with Crippen LogP contribution in [0.2, 0.25) is 0 Å². The van der Waals surface area contributed by atoms with Crippen molar-refractivity contribution in [1.29, 1.82) is 0 Å². The second-order valence-electron chi connectivity index (χ2n) is 7.23. The maximum Gasteiger partial charge on any atom is 0.350 e. The van der Waals surface area contributed by atoms with Crippen LogP contribution in [0.3, 0.4) is 0 Å². The molecule has 9 heteroatoms. The zero-order chi connectivity index (χ0) is 23.2. The molecule has 2 aromatic heterocycles. The highest BCUT2D eigenvalue weighted by molar-refractivity contribution is 5.94. The van der Waals surface area contributed by atoms with Gasteiger partial charge in [-0.25, -0.2) is 13.9 Å². The fourth-order valence-corrected chi connectivity index (χ4v) is 3.31. The molecule has 2 N–H and O–H groups in total. The Bertz CT molecular complexity index is 1340. The average molecular weight is 445 g/mol. The van der Waals surface area contributed by atoms with Crippen LogP contribution in [0, 0.1) is 0 Å². The minimum Gasteiger partial charge on any atom is -0.492 e. The molecule has 33 heavy (non-hydrogen) atoms. The molecule has 9 nitrogen and oxygen atoms in total. The summed E-state index contributed by atoms with van der Waals surface area (Å²) in [5.41, 5.74) is 1.61. The van der Waals surface area contributed by atoms with Crippen LogP contribution in [-0.2, 0) is 17.9 Å². The van der Waals surface area contributed by atoms with Crippen molar-refractivity contribution in [2.75, 3.05) is 11.9 Å². The lowest BCUT2D eigenvalue weighted by atomic mass is 10.2. The van der Waals surface area contributed by atoms with Gasteiger partial charge in [-0.2, -0.15) is 0 Å². The van der Waals surface area contributed by atoms with Crippen LogP contribution in [0.1, 0.15) is 22.8 Å². The summed E-state index contributed by atoms with van der Waals surface area (Å²) in [5.74, 6) is -0.194. The Kier molecular flexibility index (Phi) is 6.49. The summed E-state index contributed by atoms with van der Waals surface area (Å²) >= 11 is 0. The monoisotopic (exact) mass is 445 g/mol. The van der Waals surface area contributed by atoms with Gasteiger partial charge in [-0.3, -0.25) is 9.59 Å². The van der Waals surface area contributed by atoms with Crippen LogP contribution >= 0.6 is 0 Å². The van der Waals surface area contributed by atoms with Crippen LogP contribution in [0.25, 0.3) is 5.65 Å². The van der Waals surface area contributed by atoms with Gasteiger partial charge in [0.15, 0.2) is 5.65 Å². The Hall–Kier alpha value is -4.40. The minimum absolute atomic E-state index is 0.281. The summed E-state index contributed by atoms with van der Waals surface area (Å²) in [6.07, 6.45) is 1.42. The first-order valence-corrected chi connectivity index (χ1v) is 10.5. The third kappa shape index (κ3) is 5.09. The summed E-state index contributed by atoms with van der Waals surface area (Å²) in [4.78, 5) is 37.8. The van der Waals surface area contributed by atoms with Crippen LogP contribution in [0.5, 0.6) is 5.75 Å². The number of ether oxygens (including phenoxy) is 1. The summed E-state index contributed by atoms with van der Waals surface area (Å²) in [7, 11) is 0. The van der Waals surface area contributed by atoms with Crippen molar-refractivity contribution in [2.24, 2.45) is 0 Å². The van der Waals surface area contributed by atoms with E-state index in [1.54, 1.807) is 36.4 Å². The van der Waals surface area contributed by atoms with Crippen molar-refractivity contribution in [3.8, 4) is 5.75 Å². The molecule has 4 aromatic rings. The number of carbonyl (C=O) groups is 2. The number of anilines is 1. The van der Waals surface area contributed by atoms with Crippen molar-refractivity contribution >= 4 is 23.1 Å². The molecular formula is C24H23N5O4. The molecule has 168 valence electrons. The van der Waals surface area contributed by atoms with Gasteiger partial charge < -0.3 is 15.4 Å². The maximum atomic E-state index is 12.8. The zero-order valence-electron chi connectivity index (χ0n) is 18.0. The van der Waals surface area contributed by atoms with Gasteiger partial charge in [0.2, 0.25) is 5.91 Å². The van der Waals surface area contributed by atoms with Crippen molar-refractivity contribution in [3.63, 3.8) is 0 Å². The molecular weight excluding hydrogens is 422 g/mol. The Balaban J connectivity index is 1.47. The molecule has 2 aromatic carbocycles. The standard InChI is InChI=1S/C24H23N5O4/c1-2-33-20-11-7-6-10-19(20)26-22(30)16-29-24(32)28-15-18(12-13-21(28)27-29)23(31)25-14-17-8-4-3-5-9-17/h3-13,15H,2,14,16H2,1H3,(H,25,31)(H,26,30). The molecule has 0 saturated carbocycles. The Labute approximate surface area is 189 Å². The first-order chi connectivity index (χ1) is 16.0. The van der Waals surface area contributed by atoms with E-state index >= 15 is 0 Å². The molecule has 0 atom stereocenters. The number of amides is 2. The lowest BCUT2D eigenvalue weighted by Crippen LogP contribution is -2.29. The molecule has 0 aliphatic carbocycles. The smallest absolute Gasteiger partial charge is 0.350 e. The van der Waals surface area contributed by atoms with Crippen LogP contribution in [0.15, 0.2) is 77.7 Å². The predicted octanol–water partition coefficient (Wildman–Crippen LogP) is 2.46. The minimum atomic E-state index is -0.518. The fraction of sp³-hybridized carbons (Fsp3) is 0.167. The molecule has 0 aliphatic heterocycles. The van der Waals surface area contributed by atoms with Gasteiger partial charge in [0.05, 0.1) is 17.9 Å². The lowest BCUT2D eigenvalue weighted by molar-refractivity contribution is -0.117. The Morgan fingerprint density at radius 2 is 1.76 bits per heavy atom. The highest BCUT2D eigenvalue weighted by Gasteiger charge is 2.14. The van der Waals surface area contributed by atoms with E-state index in [4.69, 9.17) is 4.74 Å². The zero-order valence-corrected chi connectivity index (χ0v) is 18.0. The van der Waals surface area contributed by atoms with Gasteiger partial charge in [0.1, 0.15) is 12.3 Å². The molecule has 2 heterocycles. The largest absolute Gasteiger partial charge is 0.492 e. The molecule has 0 bridgehead atoms. The highest BCUT2D eigenvalue weighted by atomic mass is 16.5. The predicted molar refractivity (Wildman–Crippen MR) is 123 cm³/mol. The SMILES string of the molecule is CCOc1ccccc1NC(=O)Cn1nc2ccc(C(=O)NCc3ccccc3)cn2c1=O. The number of carbonyl (C=O) groups excluding carboxylic acids is 2. The first-order valence-electron chi connectivity index (χ1n) is 10.5. The van der Waals surface area contributed by atoms with Crippen molar-refractivity contribution in [3.05, 3.63) is 94.5 Å². The topological polar surface area (TPSA) is 107 Å². The van der Waals surface area contributed by atoms with E-state index in [0.29, 0.717) is 35.8 Å².